The maximum atomic E-state index is 8.90. The SMILES string of the molecule is O[C@H]([Si])/C=C/CCCc1ccccc1. The highest BCUT2D eigenvalue weighted by molar-refractivity contribution is 6.11. The van der Waals surface area contributed by atoms with Crippen molar-refractivity contribution in [2.24, 2.45) is 0 Å². The Balaban J connectivity index is 2.16. The lowest BCUT2D eigenvalue weighted by atomic mass is 10.1. The van der Waals surface area contributed by atoms with E-state index in [2.05, 4.69) is 34.5 Å². The molecule has 1 rings (SSSR count). The van der Waals surface area contributed by atoms with Crippen molar-refractivity contribution in [3.63, 3.8) is 0 Å². The molecular weight excluding hydrogens is 188 g/mol. The molecule has 1 atom stereocenters. The molecule has 0 unspecified atom stereocenters. The zero-order valence-electron chi connectivity index (χ0n) is 8.19. The second-order valence-corrected chi connectivity index (χ2v) is 3.84. The summed E-state index contributed by atoms with van der Waals surface area (Å²) < 4.78 is 0. The molecule has 0 aliphatic heterocycles. The Morgan fingerprint density at radius 2 is 2.00 bits per heavy atom. The van der Waals surface area contributed by atoms with Crippen LogP contribution >= 0.6 is 0 Å². The van der Waals surface area contributed by atoms with E-state index in [1.54, 1.807) is 6.08 Å². The predicted molar refractivity (Wildman–Crippen MR) is 60.3 cm³/mol. The normalized spacial score (nSPS) is 13.3. The summed E-state index contributed by atoms with van der Waals surface area (Å²) in [7, 11) is 3.09. The van der Waals surface area contributed by atoms with Gasteiger partial charge in [-0.25, -0.2) is 0 Å². The Hall–Kier alpha value is -0.863. The number of allylic oxidation sites excluding steroid dienone is 1. The number of rotatable bonds is 5. The van der Waals surface area contributed by atoms with Gasteiger partial charge >= 0.3 is 0 Å². The van der Waals surface area contributed by atoms with Gasteiger partial charge in [-0.1, -0.05) is 42.5 Å². The molecule has 0 heterocycles. The van der Waals surface area contributed by atoms with Gasteiger partial charge in [0.2, 0.25) is 0 Å². The van der Waals surface area contributed by atoms with Gasteiger partial charge in [-0.2, -0.15) is 0 Å². The first-order valence-electron chi connectivity index (χ1n) is 4.89. The van der Waals surface area contributed by atoms with Crippen LogP contribution in [0.15, 0.2) is 42.5 Å². The molecule has 0 fully saturated rings. The standard InChI is InChI=1S/C12H15OSi/c13-12(14)10-6-2-5-9-11-7-3-1-4-8-11/h1,3-4,6-8,10,12-13H,2,5,9H2/b10-6+/t12-/m1/s1. The minimum absolute atomic E-state index is 0.508. The van der Waals surface area contributed by atoms with Gasteiger partial charge < -0.3 is 5.11 Å². The van der Waals surface area contributed by atoms with Crippen molar-refractivity contribution in [2.45, 2.75) is 25.0 Å². The molecule has 1 aromatic carbocycles. The number of aryl methyl sites for hydroxylation is 1. The minimum atomic E-state index is -0.508. The highest BCUT2D eigenvalue weighted by Gasteiger charge is 1.90. The van der Waals surface area contributed by atoms with Gasteiger partial charge in [0, 0.05) is 0 Å². The van der Waals surface area contributed by atoms with Gasteiger partial charge in [0.1, 0.15) is 0 Å². The zero-order valence-corrected chi connectivity index (χ0v) is 9.19. The first-order chi connectivity index (χ1) is 6.79. The molecule has 1 nitrogen and oxygen atoms in total. The summed E-state index contributed by atoms with van der Waals surface area (Å²) >= 11 is 0. The molecule has 0 saturated carbocycles. The molecule has 1 N–H and O–H groups in total. The van der Waals surface area contributed by atoms with E-state index in [-0.39, 0.29) is 0 Å². The molecule has 14 heavy (non-hydrogen) atoms. The zero-order chi connectivity index (χ0) is 10.2. The molecule has 0 bridgehead atoms. The maximum Gasteiger partial charge on any atom is 0.0712 e. The van der Waals surface area contributed by atoms with Crippen molar-refractivity contribution in [2.75, 3.05) is 0 Å². The molecule has 0 spiro atoms. The first-order valence-corrected chi connectivity index (χ1v) is 5.46. The van der Waals surface area contributed by atoms with Crippen LogP contribution in [0.4, 0.5) is 0 Å². The lowest BCUT2D eigenvalue weighted by Crippen LogP contribution is -1.98. The lowest BCUT2D eigenvalue weighted by molar-refractivity contribution is 0.302. The Kier molecular flexibility index (Phi) is 5.26. The molecular formula is C12H15OSi. The van der Waals surface area contributed by atoms with Crippen molar-refractivity contribution in [1.29, 1.82) is 0 Å². The van der Waals surface area contributed by atoms with E-state index in [9.17, 15) is 0 Å². The molecule has 0 saturated heterocycles. The largest absolute Gasteiger partial charge is 0.393 e. The molecule has 0 amide bonds. The minimum Gasteiger partial charge on any atom is -0.393 e. The average Bonchev–Trinajstić information content (AvgIpc) is 2.18. The Morgan fingerprint density at radius 3 is 2.64 bits per heavy atom. The van der Waals surface area contributed by atoms with Gasteiger partial charge in [-0.15, -0.1) is 0 Å². The molecule has 0 aliphatic rings. The number of aliphatic hydroxyl groups is 1. The van der Waals surface area contributed by atoms with E-state index in [4.69, 9.17) is 5.11 Å². The van der Waals surface area contributed by atoms with Gasteiger partial charge in [0.05, 0.1) is 16.0 Å². The van der Waals surface area contributed by atoms with E-state index < -0.39 is 5.73 Å². The van der Waals surface area contributed by atoms with Gasteiger partial charge in [-0.3, -0.25) is 0 Å². The molecule has 0 aromatic heterocycles. The Bertz CT molecular complexity index is 267. The van der Waals surface area contributed by atoms with Crippen LogP contribution in [0.3, 0.4) is 0 Å². The molecule has 0 aliphatic carbocycles. The van der Waals surface area contributed by atoms with Crippen molar-refractivity contribution in [3.8, 4) is 0 Å². The monoisotopic (exact) mass is 203 g/mol. The van der Waals surface area contributed by atoms with E-state index in [1.165, 1.54) is 5.56 Å². The molecule has 1 aromatic rings. The van der Waals surface area contributed by atoms with E-state index in [0.717, 1.165) is 19.3 Å². The maximum absolute atomic E-state index is 8.90. The summed E-state index contributed by atoms with van der Waals surface area (Å²) in [6.07, 6.45) is 6.99. The van der Waals surface area contributed by atoms with Crippen LogP contribution in [0, 0.1) is 0 Å². The molecule has 3 radical (unpaired) electrons. The summed E-state index contributed by atoms with van der Waals surface area (Å²) in [5.41, 5.74) is 0.867. The predicted octanol–water partition coefficient (Wildman–Crippen LogP) is 2.05. The van der Waals surface area contributed by atoms with Gasteiger partial charge in [0.15, 0.2) is 0 Å². The third-order valence-electron chi connectivity index (χ3n) is 2.00. The van der Waals surface area contributed by atoms with Crippen LogP contribution in [0.2, 0.25) is 0 Å². The van der Waals surface area contributed by atoms with Crippen LogP contribution < -0.4 is 0 Å². The fraction of sp³-hybridized carbons (Fsp3) is 0.333. The number of aliphatic hydroxyl groups excluding tert-OH is 1. The highest BCUT2D eigenvalue weighted by atomic mass is 28.1. The van der Waals surface area contributed by atoms with Crippen molar-refractivity contribution >= 4 is 10.2 Å². The molecule has 2 heteroatoms. The average molecular weight is 203 g/mol. The number of hydrogen-bond donors (Lipinski definition) is 1. The number of unbranched alkanes of at least 4 members (excludes halogenated alkanes) is 1. The summed E-state index contributed by atoms with van der Waals surface area (Å²) in [6.45, 7) is 0. The summed E-state index contributed by atoms with van der Waals surface area (Å²) in [5.74, 6) is 0. The van der Waals surface area contributed by atoms with E-state index in [0.29, 0.717) is 0 Å². The van der Waals surface area contributed by atoms with Crippen LogP contribution in [0.25, 0.3) is 0 Å². The smallest absolute Gasteiger partial charge is 0.0712 e. The van der Waals surface area contributed by atoms with E-state index in [1.807, 2.05) is 12.1 Å². The Labute approximate surface area is 88.9 Å². The molecule has 73 valence electrons. The Morgan fingerprint density at radius 1 is 1.29 bits per heavy atom. The third-order valence-corrected chi connectivity index (χ3v) is 2.19. The first kappa shape index (κ1) is 11.2. The van der Waals surface area contributed by atoms with Gasteiger partial charge in [0.25, 0.3) is 0 Å². The third kappa shape index (κ3) is 4.99. The van der Waals surface area contributed by atoms with Crippen molar-refractivity contribution < 1.29 is 5.11 Å². The van der Waals surface area contributed by atoms with Crippen molar-refractivity contribution in [3.05, 3.63) is 48.0 Å². The summed E-state index contributed by atoms with van der Waals surface area (Å²) in [5, 5.41) is 8.90. The number of benzene rings is 1. The van der Waals surface area contributed by atoms with Crippen molar-refractivity contribution in [1.82, 2.24) is 0 Å². The van der Waals surface area contributed by atoms with Gasteiger partial charge in [-0.05, 0) is 24.8 Å². The van der Waals surface area contributed by atoms with Crippen LogP contribution in [-0.4, -0.2) is 21.1 Å². The quantitative estimate of drug-likeness (QED) is 0.441. The second-order valence-electron chi connectivity index (χ2n) is 3.25. The fourth-order valence-electron chi connectivity index (χ4n) is 1.29. The van der Waals surface area contributed by atoms with E-state index >= 15 is 0 Å². The summed E-state index contributed by atoms with van der Waals surface area (Å²) in [6, 6.07) is 10.4. The highest BCUT2D eigenvalue weighted by Crippen LogP contribution is 2.04. The lowest BCUT2D eigenvalue weighted by Gasteiger charge is -1.98. The second kappa shape index (κ2) is 6.57. The van der Waals surface area contributed by atoms with Crippen LogP contribution in [0.5, 0.6) is 0 Å². The fourth-order valence-corrected chi connectivity index (χ4v) is 1.43. The number of hydrogen-bond acceptors (Lipinski definition) is 1. The summed E-state index contributed by atoms with van der Waals surface area (Å²) in [4.78, 5) is 0. The van der Waals surface area contributed by atoms with Crippen LogP contribution in [0.1, 0.15) is 18.4 Å². The van der Waals surface area contributed by atoms with Crippen LogP contribution in [-0.2, 0) is 6.42 Å². The topological polar surface area (TPSA) is 20.2 Å².